The van der Waals surface area contributed by atoms with Gasteiger partial charge in [0.1, 0.15) is 5.75 Å². The Bertz CT molecular complexity index is 966. The summed E-state index contributed by atoms with van der Waals surface area (Å²) in [5.74, 6) is 1.09. The zero-order valence-corrected chi connectivity index (χ0v) is 18.9. The smallest absolute Gasteiger partial charge is 0.258 e. The maximum atomic E-state index is 13.2. The van der Waals surface area contributed by atoms with Crippen molar-refractivity contribution in [2.45, 2.75) is 46.7 Å². The van der Waals surface area contributed by atoms with Crippen LogP contribution in [0.5, 0.6) is 5.75 Å². The molecule has 1 aromatic carbocycles. The lowest BCUT2D eigenvalue weighted by Gasteiger charge is -2.21. The minimum atomic E-state index is 0. The first kappa shape index (κ1) is 25.1. The Morgan fingerprint density at radius 3 is 2.38 bits per heavy atom. The lowest BCUT2D eigenvalue weighted by molar-refractivity contribution is 0.304. The number of aromatic nitrogens is 2. The SMILES string of the molecule is CCCCOc1c(CN)n(CC(C)C)c(=O)c2ccc(-n3cccc3)cc12.Cl.Cl. The number of benzene rings is 1. The summed E-state index contributed by atoms with van der Waals surface area (Å²) in [5, 5.41) is 1.51. The van der Waals surface area contributed by atoms with E-state index in [1.165, 1.54) is 0 Å². The molecule has 2 heterocycles. The maximum absolute atomic E-state index is 13.2. The summed E-state index contributed by atoms with van der Waals surface area (Å²) in [6.07, 6.45) is 5.99. The normalized spacial score (nSPS) is 10.7. The van der Waals surface area contributed by atoms with Gasteiger partial charge in [0, 0.05) is 36.6 Å². The second kappa shape index (κ2) is 11.3. The van der Waals surface area contributed by atoms with Crippen molar-refractivity contribution in [2.24, 2.45) is 11.7 Å². The lowest BCUT2D eigenvalue weighted by Crippen LogP contribution is -2.28. The minimum Gasteiger partial charge on any atom is -0.491 e. The van der Waals surface area contributed by atoms with E-state index in [0.717, 1.165) is 35.4 Å². The number of pyridine rings is 1. The van der Waals surface area contributed by atoms with Gasteiger partial charge >= 0.3 is 0 Å². The molecule has 0 saturated carbocycles. The number of unbranched alkanes of at least 4 members (excludes halogenated alkanes) is 1. The predicted octanol–water partition coefficient (Wildman–Crippen LogP) is 4.93. The molecule has 0 aliphatic heterocycles. The summed E-state index contributed by atoms with van der Waals surface area (Å²) in [4.78, 5) is 13.2. The molecule has 0 aliphatic carbocycles. The molecular weight excluding hydrogens is 409 g/mol. The van der Waals surface area contributed by atoms with E-state index in [1.807, 2.05) is 47.3 Å². The fourth-order valence-corrected chi connectivity index (χ4v) is 3.36. The summed E-state index contributed by atoms with van der Waals surface area (Å²) in [5.41, 5.74) is 7.86. The van der Waals surface area contributed by atoms with E-state index in [-0.39, 0.29) is 36.9 Å². The second-order valence-corrected chi connectivity index (χ2v) is 7.31. The van der Waals surface area contributed by atoms with Gasteiger partial charge in [-0.05, 0) is 42.7 Å². The van der Waals surface area contributed by atoms with Crippen LogP contribution < -0.4 is 16.0 Å². The molecule has 0 saturated heterocycles. The van der Waals surface area contributed by atoms with Crippen molar-refractivity contribution in [1.29, 1.82) is 0 Å². The molecule has 0 bridgehead atoms. The Morgan fingerprint density at radius 1 is 1.10 bits per heavy atom. The molecule has 5 nitrogen and oxygen atoms in total. The highest BCUT2D eigenvalue weighted by Gasteiger charge is 2.18. The van der Waals surface area contributed by atoms with Gasteiger partial charge in [0.15, 0.2) is 0 Å². The largest absolute Gasteiger partial charge is 0.491 e. The van der Waals surface area contributed by atoms with Gasteiger partial charge in [0.2, 0.25) is 0 Å². The van der Waals surface area contributed by atoms with Crippen LogP contribution in [0.3, 0.4) is 0 Å². The van der Waals surface area contributed by atoms with Crippen LogP contribution in [0.2, 0.25) is 0 Å². The number of nitrogens with two attached hydrogens (primary N) is 1. The van der Waals surface area contributed by atoms with Crippen LogP contribution in [0, 0.1) is 5.92 Å². The van der Waals surface area contributed by atoms with Crippen LogP contribution in [-0.4, -0.2) is 15.7 Å². The fourth-order valence-electron chi connectivity index (χ4n) is 3.36. The van der Waals surface area contributed by atoms with E-state index in [2.05, 4.69) is 20.8 Å². The van der Waals surface area contributed by atoms with Crippen molar-refractivity contribution in [3.8, 4) is 11.4 Å². The minimum absolute atomic E-state index is 0. The Kier molecular flexibility index (Phi) is 9.77. The molecule has 0 spiro atoms. The van der Waals surface area contributed by atoms with E-state index >= 15 is 0 Å². The van der Waals surface area contributed by atoms with Gasteiger partial charge in [-0.15, -0.1) is 24.8 Å². The molecule has 3 rings (SSSR count). The number of halogens is 2. The van der Waals surface area contributed by atoms with Gasteiger partial charge in [-0.1, -0.05) is 27.2 Å². The molecule has 7 heteroatoms. The van der Waals surface area contributed by atoms with Gasteiger partial charge in [0.05, 0.1) is 17.7 Å². The second-order valence-electron chi connectivity index (χ2n) is 7.31. The zero-order valence-electron chi connectivity index (χ0n) is 17.3. The third kappa shape index (κ3) is 5.35. The van der Waals surface area contributed by atoms with Crippen molar-refractivity contribution in [3.63, 3.8) is 0 Å². The quantitative estimate of drug-likeness (QED) is 0.506. The highest BCUT2D eigenvalue weighted by Crippen LogP contribution is 2.30. The van der Waals surface area contributed by atoms with Crippen molar-refractivity contribution in [2.75, 3.05) is 6.61 Å². The average molecular weight is 440 g/mol. The first-order valence-electron chi connectivity index (χ1n) is 9.72. The third-order valence-electron chi connectivity index (χ3n) is 4.70. The van der Waals surface area contributed by atoms with Crippen LogP contribution in [-0.2, 0) is 13.1 Å². The van der Waals surface area contributed by atoms with Gasteiger partial charge in [0.25, 0.3) is 5.56 Å². The fraction of sp³-hybridized carbons (Fsp3) is 0.409. The molecule has 2 aromatic heterocycles. The lowest BCUT2D eigenvalue weighted by atomic mass is 10.1. The van der Waals surface area contributed by atoms with Crippen LogP contribution in [0.1, 0.15) is 39.3 Å². The molecule has 0 fully saturated rings. The van der Waals surface area contributed by atoms with Crippen molar-refractivity contribution in [3.05, 3.63) is 58.8 Å². The molecule has 2 N–H and O–H groups in total. The highest BCUT2D eigenvalue weighted by molar-refractivity contribution is 5.90. The molecule has 29 heavy (non-hydrogen) atoms. The third-order valence-corrected chi connectivity index (χ3v) is 4.70. The van der Waals surface area contributed by atoms with E-state index < -0.39 is 0 Å². The molecule has 160 valence electrons. The Labute approximate surface area is 184 Å². The van der Waals surface area contributed by atoms with Gasteiger partial charge in [-0.2, -0.15) is 0 Å². The van der Waals surface area contributed by atoms with Crippen LogP contribution in [0.15, 0.2) is 47.5 Å². The summed E-state index contributed by atoms with van der Waals surface area (Å²) < 4.78 is 10.0. The number of nitrogens with zero attached hydrogens (tertiary/aromatic N) is 2. The molecular formula is C22H31Cl2N3O2. The average Bonchev–Trinajstić information content (AvgIpc) is 3.19. The summed E-state index contributed by atoms with van der Waals surface area (Å²) in [7, 11) is 0. The maximum Gasteiger partial charge on any atom is 0.258 e. The monoisotopic (exact) mass is 439 g/mol. The van der Waals surface area contributed by atoms with Crippen molar-refractivity contribution in [1.82, 2.24) is 9.13 Å². The number of ether oxygens (including phenoxy) is 1. The Morgan fingerprint density at radius 2 is 1.79 bits per heavy atom. The molecule has 0 radical (unpaired) electrons. The zero-order chi connectivity index (χ0) is 19.4. The van der Waals surface area contributed by atoms with Crippen molar-refractivity contribution >= 4 is 35.6 Å². The molecule has 0 aliphatic rings. The number of rotatable bonds is 8. The Hall–Kier alpha value is -1.95. The standard InChI is InChI=1S/C22H29N3O2.2ClH/c1-4-5-12-27-21-19-13-17(24-10-6-7-11-24)8-9-18(19)22(26)25(15-16(2)3)20(21)14-23;;/h6-11,13,16H,4-5,12,14-15,23H2,1-3H3;2*1H. The van der Waals surface area contributed by atoms with Crippen LogP contribution >= 0.6 is 24.8 Å². The first-order valence-corrected chi connectivity index (χ1v) is 9.72. The number of hydrogen-bond donors (Lipinski definition) is 1. The summed E-state index contributed by atoms with van der Waals surface area (Å²) in [6.45, 7) is 7.85. The van der Waals surface area contributed by atoms with E-state index in [4.69, 9.17) is 10.5 Å². The summed E-state index contributed by atoms with van der Waals surface area (Å²) in [6, 6.07) is 9.86. The topological polar surface area (TPSA) is 62.2 Å². The van der Waals surface area contributed by atoms with Gasteiger partial charge in [-0.3, -0.25) is 4.79 Å². The molecule has 0 amide bonds. The van der Waals surface area contributed by atoms with Crippen LogP contribution in [0.4, 0.5) is 0 Å². The van der Waals surface area contributed by atoms with Crippen molar-refractivity contribution < 1.29 is 4.74 Å². The van der Waals surface area contributed by atoms with E-state index in [1.54, 1.807) is 4.57 Å². The van der Waals surface area contributed by atoms with Crippen LogP contribution in [0.25, 0.3) is 16.5 Å². The molecule has 0 unspecified atom stereocenters. The Balaban J connectivity index is 0.00000210. The molecule has 0 atom stereocenters. The predicted molar refractivity (Wildman–Crippen MR) is 125 cm³/mol. The van der Waals surface area contributed by atoms with Gasteiger partial charge in [-0.25, -0.2) is 0 Å². The molecule has 3 aromatic rings. The van der Waals surface area contributed by atoms with E-state index in [9.17, 15) is 4.79 Å². The van der Waals surface area contributed by atoms with Gasteiger partial charge < -0.3 is 19.6 Å². The summed E-state index contributed by atoms with van der Waals surface area (Å²) >= 11 is 0. The number of hydrogen-bond acceptors (Lipinski definition) is 3. The highest BCUT2D eigenvalue weighted by atomic mass is 35.5. The first-order chi connectivity index (χ1) is 13.1. The van der Waals surface area contributed by atoms with E-state index in [0.29, 0.717) is 24.5 Å². The number of fused-ring (bicyclic) bond motifs is 1.